The van der Waals surface area contributed by atoms with Crippen LogP contribution in [0.15, 0.2) is 35.1 Å². The molecule has 2 aromatic heterocycles. The zero-order valence-corrected chi connectivity index (χ0v) is 15.4. The van der Waals surface area contributed by atoms with Gasteiger partial charge in [-0.15, -0.1) is 0 Å². The molecule has 2 heterocycles. The van der Waals surface area contributed by atoms with Crippen molar-refractivity contribution < 1.29 is 19.9 Å². The highest BCUT2D eigenvalue weighted by Gasteiger charge is 2.21. The number of carbonyl (C=O) groups is 1. The number of carboxylic acid groups (broad SMARTS) is 1. The van der Waals surface area contributed by atoms with Crippen LogP contribution in [0.2, 0.25) is 0 Å². The normalized spacial score (nSPS) is 11.1. The lowest BCUT2D eigenvalue weighted by molar-refractivity contribution is -0.387. The first-order valence-corrected chi connectivity index (χ1v) is 8.37. The van der Waals surface area contributed by atoms with E-state index in [1.807, 2.05) is 24.5 Å². The molecule has 0 atom stereocenters. The van der Waals surface area contributed by atoms with Gasteiger partial charge in [-0.05, 0) is 61.9 Å². The Kier molecular flexibility index (Phi) is 5.01. The number of aromatic nitrogens is 3. The van der Waals surface area contributed by atoms with Crippen molar-refractivity contribution >= 4 is 23.8 Å². The lowest BCUT2D eigenvalue weighted by Crippen LogP contribution is -2.14. The van der Waals surface area contributed by atoms with Crippen molar-refractivity contribution in [1.82, 2.24) is 14.5 Å². The number of hydrogen-bond acceptors (Lipinski definition) is 6. The van der Waals surface area contributed by atoms with E-state index in [1.165, 1.54) is 18.2 Å². The van der Waals surface area contributed by atoms with Crippen LogP contribution in [0, 0.1) is 24.0 Å². The summed E-state index contributed by atoms with van der Waals surface area (Å²) in [6.45, 7) is 3.74. The average molecular weight is 396 g/mol. The highest BCUT2D eigenvalue weighted by molar-refractivity contribution is 5.87. The second kappa shape index (κ2) is 7.43. The number of aryl methyl sites for hydroxylation is 1. The standard InChI is InChI=1S/C19H16N4O6/c1-10-9-13(5-8-15-20-17(24)16(23(28)29)18(25)21-15)11(2)22(10)14-6-3-12(4-7-14)19(26)27/h3-9H,1-2H3,(H,26,27)(H2,20,21,24,25)/b8-5-. The van der Waals surface area contributed by atoms with Gasteiger partial charge in [0.15, 0.2) is 0 Å². The average Bonchev–Trinajstić information content (AvgIpc) is 2.92. The Bertz CT molecular complexity index is 1200. The van der Waals surface area contributed by atoms with Gasteiger partial charge in [-0.25, -0.2) is 4.79 Å². The van der Waals surface area contributed by atoms with Gasteiger partial charge in [0, 0.05) is 17.1 Å². The molecule has 0 aliphatic heterocycles. The fourth-order valence-corrected chi connectivity index (χ4v) is 2.99. The Morgan fingerprint density at radius 2 is 1.90 bits per heavy atom. The molecular weight excluding hydrogens is 380 g/mol. The number of aromatic hydroxyl groups is 1. The van der Waals surface area contributed by atoms with Crippen molar-refractivity contribution in [2.75, 3.05) is 0 Å². The Morgan fingerprint density at radius 3 is 2.45 bits per heavy atom. The first-order valence-electron chi connectivity index (χ1n) is 8.37. The molecule has 0 fully saturated rings. The highest BCUT2D eigenvalue weighted by atomic mass is 16.6. The number of rotatable bonds is 5. The number of hydrogen-bond donors (Lipinski definition) is 3. The summed E-state index contributed by atoms with van der Waals surface area (Å²) in [6, 6.07) is 8.30. The minimum atomic E-state index is -1.05. The summed E-state index contributed by atoms with van der Waals surface area (Å²) in [7, 11) is 0. The van der Waals surface area contributed by atoms with Gasteiger partial charge >= 0.3 is 17.2 Å². The lowest BCUT2D eigenvalue weighted by Gasteiger charge is -2.10. The van der Waals surface area contributed by atoms with Gasteiger partial charge in [0.05, 0.1) is 10.5 Å². The van der Waals surface area contributed by atoms with Gasteiger partial charge in [-0.2, -0.15) is 4.98 Å². The molecule has 0 amide bonds. The minimum Gasteiger partial charge on any atom is -0.488 e. The van der Waals surface area contributed by atoms with Crippen LogP contribution in [0.5, 0.6) is 5.88 Å². The molecule has 1 aromatic carbocycles. The second-order valence-corrected chi connectivity index (χ2v) is 6.23. The van der Waals surface area contributed by atoms with Gasteiger partial charge in [0.2, 0.25) is 0 Å². The summed E-state index contributed by atoms with van der Waals surface area (Å²) in [4.78, 5) is 38.3. The van der Waals surface area contributed by atoms with Crippen molar-refractivity contribution in [2.24, 2.45) is 0 Å². The summed E-state index contributed by atoms with van der Waals surface area (Å²) in [5, 5.41) is 29.4. The molecule has 148 valence electrons. The first kappa shape index (κ1) is 19.5. The zero-order valence-electron chi connectivity index (χ0n) is 15.4. The number of nitrogens with one attached hydrogen (secondary N) is 1. The number of nitro groups is 1. The predicted molar refractivity (Wildman–Crippen MR) is 104 cm³/mol. The van der Waals surface area contributed by atoms with Crippen LogP contribution in [-0.2, 0) is 0 Å². The molecule has 3 N–H and O–H groups in total. The number of H-pyrrole nitrogens is 1. The van der Waals surface area contributed by atoms with Crippen LogP contribution in [0.4, 0.5) is 5.69 Å². The van der Waals surface area contributed by atoms with E-state index in [0.717, 1.165) is 22.6 Å². The maximum Gasteiger partial charge on any atom is 0.395 e. The maximum absolute atomic E-state index is 11.7. The number of benzene rings is 1. The molecule has 0 aliphatic rings. The van der Waals surface area contributed by atoms with E-state index in [0.29, 0.717) is 0 Å². The van der Waals surface area contributed by atoms with Crippen LogP contribution >= 0.6 is 0 Å². The van der Waals surface area contributed by atoms with Crippen molar-refractivity contribution in [1.29, 1.82) is 0 Å². The van der Waals surface area contributed by atoms with Crippen LogP contribution in [0.3, 0.4) is 0 Å². The molecule has 0 radical (unpaired) electrons. The van der Waals surface area contributed by atoms with E-state index in [-0.39, 0.29) is 11.4 Å². The molecule has 0 aliphatic carbocycles. The summed E-state index contributed by atoms with van der Waals surface area (Å²) in [6.07, 6.45) is 3.07. The largest absolute Gasteiger partial charge is 0.488 e. The predicted octanol–water partition coefficient (Wildman–Crippen LogP) is 2.66. The fraction of sp³-hybridized carbons (Fsp3) is 0.105. The van der Waals surface area contributed by atoms with Gasteiger partial charge in [-0.3, -0.25) is 14.9 Å². The molecule has 10 nitrogen and oxygen atoms in total. The molecule has 0 unspecified atom stereocenters. The second-order valence-electron chi connectivity index (χ2n) is 6.23. The maximum atomic E-state index is 11.7. The molecule has 3 rings (SSSR count). The van der Waals surface area contributed by atoms with Crippen LogP contribution in [0.1, 0.15) is 33.1 Å². The van der Waals surface area contributed by atoms with Gasteiger partial charge in [-0.1, -0.05) is 0 Å². The zero-order chi connectivity index (χ0) is 21.3. The molecule has 29 heavy (non-hydrogen) atoms. The molecule has 0 saturated heterocycles. The Morgan fingerprint density at radius 1 is 1.24 bits per heavy atom. The van der Waals surface area contributed by atoms with Crippen molar-refractivity contribution in [2.45, 2.75) is 13.8 Å². The van der Waals surface area contributed by atoms with E-state index < -0.39 is 28.0 Å². The molecule has 0 saturated carbocycles. The fourth-order valence-electron chi connectivity index (χ4n) is 2.99. The van der Waals surface area contributed by atoms with Gasteiger partial charge < -0.3 is 19.8 Å². The number of nitrogens with zero attached hydrogens (tertiary/aromatic N) is 3. The van der Waals surface area contributed by atoms with Gasteiger partial charge in [0.1, 0.15) is 5.82 Å². The van der Waals surface area contributed by atoms with Gasteiger partial charge in [0.25, 0.3) is 5.88 Å². The molecule has 3 aromatic rings. The quantitative estimate of drug-likeness (QED) is 0.443. The van der Waals surface area contributed by atoms with Crippen LogP contribution < -0.4 is 5.56 Å². The SMILES string of the molecule is Cc1cc(/C=C\c2nc(O)c([N+](=O)[O-])c(=O)[nH]2)c(C)n1-c1ccc(C(=O)O)cc1. The van der Waals surface area contributed by atoms with E-state index in [9.17, 15) is 24.8 Å². The number of aromatic carboxylic acids is 1. The number of carboxylic acids is 1. The third-order valence-electron chi connectivity index (χ3n) is 4.34. The van der Waals surface area contributed by atoms with Crippen LogP contribution in [0.25, 0.3) is 17.8 Å². The number of aromatic amines is 1. The summed E-state index contributed by atoms with van der Waals surface area (Å²) in [5.74, 6) is -2.00. The lowest BCUT2D eigenvalue weighted by atomic mass is 10.2. The molecule has 0 bridgehead atoms. The topological polar surface area (TPSA) is 151 Å². The Labute approximate surface area is 163 Å². The van der Waals surface area contributed by atoms with Crippen molar-refractivity contribution in [3.63, 3.8) is 0 Å². The minimum absolute atomic E-state index is 0.0336. The smallest absolute Gasteiger partial charge is 0.395 e. The van der Waals surface area contributed by atoms with E-state index >= 15 is 0 Å². The van der Waals surface area contributed by atoms with E-state index in [2.05, 4.69) is 9.97 Å². The molecule has 0 spiro atoms. The molecule has 10 heteroatoms. The third-order valence-corrected chi connectivity index (χ3v) is 4.34. The van der Waals surface area contributed by atoms with E-state index in [1.54, 1.807) is 18.2 Å². The summed E-state index contributed by atoms with van der Waals surface area (Å²) < 4.78 is 1.93. The summed E-state index contributed by atoms with van der Waals surface area (Å²) in [5.41, 5.74) is 1.42. The Hall–Kier alpha value is -4.21. The first-order chi connectivity index (χ1) is 13.7. The molecular formula is C19H16N4O6. The van der Waals surface area contributed by atoms with Crippen molar-refractivity contribution in [3.8, 4) is 11.6 Å². The monoisotopic (exact) mass is 396 g/mol. The summed E-state index contributed by atoms with van der Waals surface area (Å²) >= 11 is 0. The van der Waals surface area contributed by atoms with E-state index in [4.69, 9.17) is 5.11 Å². The van der Waals surface area contributed by atoms with Crippen molar-refractivity contribution in [3.05, 3.63) is 79.1 Å². The Balaban J connectivity index is 1.96. The highest BCUT2D eigenvalue weighted by Crippen LogP contribution is 2.23. The van der Waals surface area contributed by atoms with Crippen LogP contribution in [-0.4, -0.2) is 35.6 Å². The third kappa shape index (κ3) is 3.76.